The van der Waals surface area contributed by atoms with Crippen LogP contribution in [0.2, 0.25) is 0 Å². The van der Waals surface area contributed by atoms with Gasteiger partial charge in [-0.05, 0) is 39.1 Å². The van der Waals surface area contributed by atoms with E-state index in [4.69, 9.17) is 15.4 Å². The van der Waals surface area contributed by atoms with Crippen molar-refractivity contribution < 1.29 is 19.4 Å². The molecule has 0 aliphatic rings. The molecule has 0 aliphatic heterocycles. The third kappa shape index (κ3) is 9.72. The first-order valence-corrected chi connectivity index (χ1v) is 5.99. The van der Waals surface area contributed by atoms with Crippen LogP contribution >= 0.6 is 0 Å². The highest BCUT2D eigenvalue weighted by atomic mass is 16.6. The number of aliphatic carboxylic acids is 1. The van der Waals surface area contributed by atoms with Gasteiger partial charge in [0.05, 0.1) is 0 Å². The van der Waals surface area contributed by atoms with Crippen molar-refractivity contribution in [1.29, 1.82) is 0 Å². The summed E-state index contributed by atoms with van der Waals surface area (Å²) in [4.78, 5) is 25.0. The molecular weight excluding hydrogens is 252 g/mol. The number of hydrogen-bond donors (Lipinski definition) is 2. The highest BCUT2D eigenvalue weighted by Crippen LogP contribution is 2.08. The predicted molar refractivity (Wildman–Crippen MR) is 68.7 cm³/mol. The lowest BCUT2D eigenvalue weighted by molar-refractivity contribution is -0.139. The molecule has 1 atom stereocenters. The zero-order valence-corrected chi connectivity index (χ0v) is 11.4. The Bertz CT molecular complexity index is 358. The summed E-state index contributed by atoms with van der Waals surface area (Å²) in [5.41, 5.74) is 7.41. The summed E-state index contributed by atoms with van der Waals surface area (Å²) in [6.07, 6.45) is 0.612. The van der Waals surface area contributed by atoms with Crippen molar-refractivity contribution in [3.05, 3.63) is 10.4 Å². The second-order valence-corrected chi connectivity index (χ2v) is 4.99. The monoisotopic (exact) mass is 272 g/mol. The average molecular weight is 272 g/mol. The van der Waals surface area contributed by atoms with E-state index in [1.807, 2.05) is 0 Å². The van der Waals surface area contributed by atoms with Gasteiger partial charge in [-0.15, -0.1) is 0 Å². The smallest absolute Gasteiger partial charge is 0.408 e. The predicted octanol–water partition coefficient (Wildman–Crippen LogP) is 2.44. The molecule has 0 unspecified atom stereocenters. The van der Waals surface area contributed by atoms with Gasteiger partial charge >= 0.3 is 12.1 Å². The summed E-state index contributed by atoms with van der Waals surface area (Å²) in [6, 6.07) is -0.999. The van der Waals surface area contributed by atoms with Gasteiger partial charge < -0.3 is 15.2 Å². The van der Waals surface area contributed by atoms with E-state index in [0.717, 1.165) is 0 Å². The maximum absolute atomic E-state index is 11.4. The zero-order chi connectivity index (χ0) is 14.9. The number of nitrogens with zero attached hydrogens (tertiary/aromatic N) is 3. The number of carbonyl (C=O) groups excluding carboxylic acids is 1. The fraction of sp³-hybridized carbons (Fsp3) is 0.818. The molecule has 0 radical (unpaired) electrons. The van der Waals surface area contributed by atoms with Crippen molar-refractivity contribution in [1.82, 2.24) is 5.32 Å². The van der Waals surface area contributed by atoms with Crippen LogP contribution in [-0.2, 0) is 9.53 Å². The third-order valence-electron chi connectivity index (χ3n) is 2.05. The van der Waals surface area contributed by atoms with Crippen molar-refractivity contribution >= 4 is 12.1 Å². The molecule has 0 heterocycles. The number of rotatable bonds is 7. The molecule has 0 saturated heterocycles. The van der Waals surface area contributed by atoms with Crippen LogP contribution in [0, 0.1) is 0 Å². The Hall–Kier alpha value is -1.95. The Kier molecular flexibility index (Phi) is 7.36. The average Bonchev–Trinajstić information content (AvgIpc) is 2.24. The van der Waals surface area contributed by atoms with E-state index in [9.17, 15) is 9.59 Å². The Balaban J connectivity index is 4.15. The Morgan fingerprint density at radius 3 is 2.53 bits per heavy atom. The molecule has 0 aromatic carbocycles. The van der Waals surface area contributed by atoms with Crippen molar-refractivity contribution in [2.75, 3.05) is 6.54 Å². The lowest BCUT2D eigenvalue weighted by Gasteiger charge is -2.21. The number of carbonyl (C=O) groups is 2. The highest BCUT2D eigenvalue weighted by Gasteiger charge is 2.23. The fourth-order valence-electron chi connectivity index (χ4n) is 1.28. The Labute approximate surface area is 111 Å². The number of alkyl carbamates (subject to hydrolysis) is 1. The van der Waals surface area contributed by atoms with E-state index in [1.54, 1.807) is 20.8 Å². The maximum Gasteiger partial charge on any atom is 0.408 e. The SMILES string of the molecule is CC(C)(C)OC(=O)N[C@@H](CCCCN=[N+]=[N-])C(=O)O. The topological polar surface area (TPSA) is 124 Å². The van der Waals surface area contributed by atoms with Crippen LogP contribution < -0.4 is 5.32 Å². The van der Waals surface area contributed by atoms with Crippen LogP contribution in [0.1, 0.15) is 40.0 Å². The van der Waals surface area contributed by atoms with Crippen LogP contribution in [-0.4, -0.2) is 35.4 Å². The molecule has 0 aromatic heterocycles. The fourth-order valence-corrected chi connectivity index (χ4v) is 1.28. The summed E-state index contributed by atoms with van der Waals surface area (Å²) in [5.74, 6) is -1.12. The summed E-state index contributed by atoms with van der Waals surface area (Å²) in [7, 11) is 0. The highest BCUT2D eigenvalue weighted by molar-refractivity contribution is 5.79. The van der Waals surface area contributed by atoms with Gasteiger partial charge in [0, 0.05) is 11.5 Å². The second-order valence-electron chi connectivity index (χ2n) is 4.99. The van der Waals surface area contributed by atoms with Crippen LogP contribution in [0.4, 0.5) is 4.79 Å². The van der Waals surface area contributed by atoms with Crippen LogP contribution in [0.5, 0.6) is 0 Å². The summed E-state index contributed by atoms with van der Waals surface area (Å²) in [6.45, 7) is 5.40. The van der Waals surface area contributed by atoms with E-state index in [0.29, 0.717) is 19.4 Å². The molecule has 19 heavy (non-hydrogen) atoms. The van der Waals surface area contributed by atoms with Crippen molar-refractivity contribution in [2.24, 2.45) is 5.11 Å². The number of ether oxygens (including phenoxy) is 1. The van der Waals surface area contributed by atoms with Crippen molar-refractivity contribution in [2.45, 2.75) is 51.7 Å². The molecule has 0 rings (SSSR count). The molecule has 0 aliphatic carbocycles. The standard InChI is InChI=1S/C11H20N4O4/c1-11(2,3)19-10(18)14-8(9(16)17)6-4-5-7-13-15-12/h8H,4-7H2,1-3H3,(H,14,18)(H,16,17)/t8-/m0/s1. The number of carboxylic acids is 1. The normalized spacial score (nSPS) is 12.2. The first-order chi connectivity index (χ1) is 8.76. The number of nitrogens with one attached hydrogen (secondary N) is 1. The van der Waals surface area contributed by atoms with Gasteiger partial charge in [0.15, 0.2) is 0 Å². The van der Waals surface area contributed by atoms with Crippen LogP contribution in [0.15, 0.2) is 5.11 Å². The quantitative estimate of drug-likeness (QED) is 0.319. The van der Waals surface area contributed by atoms with Gasteiger partial charge in [0.1, 0.15) is 11.6 Å². The van der Waals surface area contributed by atoms with Gasteiger partial charge in [0.2, 0.25) is 0 Å². The zero-order valence-electron chi connectivity index (χ0n) is 11.4. The first kappa shape index (κ1) is 17.1. The lowest BCUT2D eigenvalue weighted by atomic mass is 10.1. The van der Waals surface area contributed by atoms with Gasteiger partial charge in [-0.1, -0.05) is 11.5 Å². The minimum absolute atomic E-state index is 0.259. The van der Waals surface area contributed by atoms with Gasteiger partial charge in [-0.25, -0.2) is 9.59 Å². The molecule has 0 fully saturated rings. The Morgan fingerprint density at radius 1 is 1.42 bits per heavy atom. The molecule has 8 heteroatoms. The van der Waals surface area contributed by atoms with E-state index in [1.165, 1.54) is 0 Å². The number of hydrogen-bond acceptors (Lipinski definition) is 4. The molecule has 0 saturated carbocycles. The minimum atomic E-state index is -1.12. The molecule has 0 spiro atoms. The number of azide groups is 1. The van der Waals surface area contributed by atoms with Crippen LogP contribution in [0.25, 0.3) is 10.4 Å². The van der Waals surface area contributed by atoms with E-state index in [-0.39, 0.29) is 6.42 Å². The molecule has 2 N–H and O–H groups in total. The second kappa shape index (κ2) is 8.20. The number of unbranched alkanes of at least 4 members (excludes halogenated alkanes) is 1. The van der Waals surface area contributed by atoms with Gasteiger partial charge in [0.25, 0.3) is 0 Å². The molecule has 108 valence electrons. The van der Waals surface area contributed by atoms with E-state index < -0.39 is 23.7 Å². The van der Waals surface area contributed by atoms with E-state index in [2.05, 4.69) is 15.3 Å². The Morgan fingerprint density at radius 2 is 2.05 bits per heavy atom. The van der Waals surface area contributed by atoms with Gasteiger partial charge in [-0.2, -0.15) is 0 Å². The van der Waals surface area contributed by atoms with Gasteiger partial charge in [-0.3, -0.25) is 0 Å². The van der Waals surface area contributed by atoms with E-state index >= 15 is 0 Å². The molecular formula is C11H20N4O4. The molecule has 8 nitrogen and oxygen atoms in total. The third-order valence-corrected chi connectivity index (χ3v) is 2.05. The summed E-state index contributed by atoms with van der Waals surface area (Å²) < 4.78 is 4.98. The molecule has 0 bridgehead atoms. The summed E-state index contributed by atoms with van der Waals surface area (Å²) in [5, 5.41) is 14.6. The minimum Gasteiger partial charge on any atom is -0.480 e. The summed E-state index contributed by atoms with van der Waals surface area (Å²) >= 11 is 0. The maximum atomic E-state index is 11.4. The lowest BCUT2D eigenvalue weighted by Crippen LogP contribution is -2.43. The molecule has 1 amide bonds. The largest absolute Gasteiger partial charge is 0.480 e. The van der Waals surface area contributed by atoms with Crippen molar-refractivity contribution in [3.63, 3.8) is 0 Å². The van der Waals surface area contributed by atoms with Crippen molar-refractivity contribution in [3.8, 4) is 0 Å². The molecule has 0 aromatic rings. The van der Waals surface area contributed by atoms with Crippen LogP contribution in [0.3, 0.4) is 0 Å². The number of carboxylic acid groups (broad SMARTS) is 1. The number of amides is 1. The first-order valence-electron chi connectivity index (χ1n) is 5.99.